The minimum Gasteiger partial charge on any atom is -0.274 e. The van der Waals surface area contributed by atoms with Crippen molar-refractivity contribution in [3.05, 3.63) is 57.6 Å². The number of nitriles is 1. The summed E-state index contributed by atoms with van der Waals surface area (Å²) in [6.45, 7) is 1.68. The van der Waals surface area contributed by atoms with E-state index in [1.807, 2.05) is 6.07 Å². The van der Waals surface area contributed by atoms with Crippen LogP contribution in [0.1, 0.15) is 11.1 Å². The molecule has 0 aliphatic carbocycles. The number of nitrogens with zero attached hydrogens (tertiary/aromatic N) is 2. The minimum absolute atomic E-state index is 0.0623. The quantitative estimate of drug-likeness (QED) is 0.516. The highest BCUT2D eigenvalue weighted by Crippen LogP contribution is 2.31. The molecule has 10 heteroatoms. The van der Waals surface area contributed by atoms with Crippen molar-refractivity contribution >= 4 is 51.7 Å². The first-order valence-corrected chi connectivity index (χ1v) is 10.2. The summed E-state index contributed by atoms with van der Waals surface area (Å²) in [6, 6.07) is 11.5. The van der Waals surface area contributed by atoms with E-state index in [-0.39, 0.29) is 21.2 Å². The van der Waals surface area contributed by atoms with E-state index in [1.54, 1.807) is 31.2 Å². The molecular weight excluding hydrogens is 427 g/mol. The van der Waals surface area contributed by atoms with Crippen LogP contribution in [0.4, 0.5) is 5.82 Å². The van der Waals surface area contributed by atoms with Crippen molar-refractivity contribution in [2.24, 2.45) is 0 Å². The van der Waals surface area contributed by atoms with Crippen molar-refractivity contribution in [3.63, 3.8) is 0 Å². The van der Waals surface area contributed by atoms with Gasteiger partial charge in [-0.3, -0.25) is 9.82 Å². The number of aromatic amines is 1. The van der Waals surface area contributed by atoms with Gasteiger partial charge >= 0.3 is 0 Å². The van der Waals surface area contributed by atoms with Crippen LogP contribution >= 0.6 is 35.8 Å². The molecule has 0 bridgehead atoms. The number of aromatic nitrogens is 2. The molecule has 0 unspecified atom stereocenters. The van der Waals surface area contributed by atoms with E-state index in [4.69, 9.17) is 23.2 Å². The summed E-state index contributed by atoms with van der Waals surface area (Å²) in [7, 11) is -4.03. The lowest BCUT2D eigenvalue weighted by molar-refractivity contribution is 0.599. The first kappa shape index (κ1) is 19.6. The first-order chi connectivity index (χ1) is 12.7. The monoisotopic (exact) mass is 438 g/mol. The number of rotatable bonds is 4. The average molecular weight is 439 g/mol. The highest BCUT2D eigenvalue weighted by atomic mass is 35.5. The molecule has 0 fully saturated rings. The van der Waals surface area contributed by atoms with Crippen LogP contribution in [0.2, 0.25) is 10.0 Å². The summed E-state index contributed by atoms with van der Waals surface area (Å²) < 4.78 is 27.9. The van der Waals surface area contributed by atoms with Crippen molar-refractivity contribution in [1.82, 2.24) is 10.2 Å². The minimum atomic E-state index is -4.03. The molecule has 2 aromatic carbocycles. The van der Waals surface area contributed by atoms with Crippen molar-refractivity contribution in [2.75, 3.05) is 4.72 Å². The topological polar surface area (TPSA) is 98.6 Å². The predicted molar refractivity (Wildman–Crippen MR) is 108 cm³/mol. The fraction of sp³-hybridized carbons (Fsp3) is 0.0588. The smallest absolute Gasteiger partial charge is 0.264 e. The van der Waals surface area contributed by atoms with Gasteiger partial charge in [-0.1, -0.05) is 35.3 Å². The summed E-state index contributed by atoms with van der Waals surface area (Å²) in [5, 5.41) is 17.1. The molecule has 0 aliphatic heterocycles. The fourth-order valence-corrected chi connectivity index (χ4v) is 4.49. The Morgan fingerprint density at radius 3 is 2.52 bits per heavy atom. The highest BCUT2D eigenvalue weighted by Gasteiger charge is 2.23. The number of halogens is 2. The van der Waals surface area contributed by atoms with Crippen LogP contribution in [0.25, 0.3) is 11.3 Å². The molecule has 0 atom stereocenters. The highest BCUT2D eigenvalue weighted by molar-refractivity contribution is 7.93. The Bertz CT molecular complexity index is 1170. The molecule has 27 heavy (non-hydrogen) atoms. The number of hydrogen-bond acceptors (Lipinski definition) is 5. The zero-order valence-electron chi connectivity index (χ0n) is 13.8. The van der Waals surface area contributed by atoms with Crippen LogP contribution in [0, 0.1) is 18.3 Å². The summed E-state index contributed by atoms with van der Waals surface area (Å²) in [5.74, 6) is -0.109. The van der Waals surface area contributed by atoms with E-state index in [0.717, 1.165) is 0 Å². The number of nitrogens with one attached hydrogen (secondary N) is 2. The predicted octanol–water partition coefficient (Wildman–Crippen LogP) is 4.65. The van der Waals surface area contributed by atoms with Crippen molar-refractivity contribution in [3.8, 4) is 17.3 Å². The van der Waals surface area contributed by atoms with Crippen molar-refractivity contribution < 1.29 is 8.42 Å². The van der Waals surface area contributed by atoms with E-state index in [2.05, 4.69) is 27.5 Å². The molecule has 3 rings (SSSR count). The van der Waals surface area contributed by atoms with Crippen LogP contribution in [0.15, 0.2) is 46.2 Å². The molecule has 0 saturated carbocycles. The molecule has 0 radical (unpaired) electrons. The standard InChI is InChI=1S/C17H12Cl2N4O2S2/c1-9-6-15(14(26)7-13(9)19)27(24,25)23-17-12(8-20)16(21-22-17)10-2-4-11(18)5-3-10/h2-7,26H,1H3,(H2,21,22,23). The zero-order chi connectivity index (χ0) is 19.8. The lowest BCUT2D eigenvalue weighted by Gasteiger charge is -2.10. The maximum atomic E-state index is 12.8. The Balaban J connectivity index is 2.02. The number of benzene rings is 2. The van der Waals surface area contributed by atoms with Crippen molar-refractivity contribution in [2.45, 2.75) is 16.7 Å². The van der Waals surface area contributed by atoms with Gasteiger partial charge in [0.15, 0.2) is 5.82 Å². The molecule has 1 aromatic heterocycles. The molecule has 138 valence electrons. The summed E-state index contributed by atoms with van der Waals surface area (Å²) in [5.41, 5.74) is 1.67. The lowest BCUT2D eigenvalue weighted by atomic mass is 10.1. The van der Waals surface area contributed by atoms with Crippen LogP contribution in [-0.4, -0.2) is 18.6 Å². The van der Waals surface area contributed by atoms with Gasteiger partial charge in [-0.15, -0.1) is 12.6 Å². The normalized spacial score (nSPS) is 11.2. The van der Waals surface area contributed by atoms with Crippen LogP contribution in [-0.2, 0) is 10.0 Å². The third-order valence-electron chi connectivity index (χ3n) is 3.77. The molecule has 3 aromatic rings. The van der Waals surface area contributed by atoms with Gasteiger partial charge in [-0.05, 0) is 36.8 Å². The van der Waals surface area contributed by atoms with E-state index < -0.39 is 10.0 Å². The molecule has 6 nitrogen and oxygen atoms in total. The summed E-state index contributed by atoms with van der Waals surface area (Å²) in [4.78, 5) is 0.123. The van der Waals surface area contributed by atoms with Gasteiger partial charge in [0.2, 0.25) is 0 Å². The van der Waals surface area contributed by atoms with Gasteiger partial charge in [0.05, 0.1) is 5.69 Å². The van der Waals surface area contributed by atoms with E-state index in [9.17, 15) is 13.7 Å². The van der Waals surface area contributed by atoms with Crippen LogP contribution in [0.3, 0.4) is 0 Å². The third-order valence-corrected chi connectivity index (χ3v) is 6.33. The maximum absolute atomic E-state index is 12.8. The van der Waals surface area contributed by atoms with Crippen LogP contribution in [0.5, 0.6) is 0 Å². The average Bonchev–Trinajstić information content (AvgIpc) is 3.00. The number of aryl methyl sites for hydroxylation is 1. The van der Waals surface area contributed by atoms with E-state index in [0.29, 0.717) is 26.9 Å². The zero-order valence-corrected chi connectivity index (χ0v) is 17.0. The molecular formula is C17H12Cl2N4O2S2. The molecule has 2 N–H and O–H groups in total. The lowest BCUT2D eigenvalue weighted by Crippen LogP contribution is -2.15. The Labute approximate surface area is 171 Å². The van der Waals surface area contributed by atoms with Crippen molar-refractivity contribution in [1.29, 1.82) is 5.26 Å². The number of hydrogen-bond donors (Lipinski definition) is 3. The van der Waals surface area contributed by atoms with E-state index >= 15 is 0 Å². The van der Waals surface area contributed by atoms with Gasteiger partial charge in [0.1, 0.15) is 16.5 Å². The second kappa shape index (κ2) is 7.44. The molecule has 1 heterocycles. The molecule has 0 saturated heterocycles. The second-order valence-electron chi connectivity index (χ2n) is 5.62. The Morgan fingerprint density at radius 2 is 1.89 bits per heavy atom. The Morgan fingerprint density at radius 1 is 1.22 bits per heavy atom. The fourth-order valence-electron chi connectivity index (χ4n) is 2.39. The van der Waals surface area contributed by atoms with Gasteiger partial charge in [-0.25, -0.2) is 8.42 Å². The van der Waals surface area contributed by atoms with Crippen LogP contribution < -0.4 is 4.72 Å². The van der Waals surface area contributed by atoms with Gasteiger partial charge < -0.3 is 0 Å². The van der Waals surface area contributed by atoms with Gasteiger partial charge in [-0.2, -0.15) is 10.4 Å². The number of thiol groups is 1. The number of sulfonamides is 1. The van der Waals surface area contributed by atoms with Gasteiger partial charge in [0, 0.05) is 20.5 Å². The second-order valence-corrected chi connectivity index (χ2v) is 8.59. The maximum Gasteiger partial charge on any atom is 0.264 e. The molecule has 0 spiro atoms. The van der Waals surface area contributed by atoms with Gasteiger partial charge in [0.25, 0.3) is 10.0 Å². The molecule has 0 amide bonds. The van der Waals surface area contributed by atoms with E-state index in [1.165, 1.54) is 12.1 Å². The SMILES string of the molecule is Cc1cc(S(=O)(=O)Nc2n[nH]c(-c3ccc(Cl)cc3)c2C#N)c(S)cc1Cl. The summed E-state index contributed by atoms with van der Waals surface area (Å²) >= 11 is 16.1. The summed E-state index contributed by atoms with van der Waals surface area (Å²) in [6.07, 6.45) is 0. The number of H-pyrrole nitrogens is 1. The number of anilines is 1. The third kappa shape index (κ3) is 3.92. The largest absolute Gasteiger partial charge is 0.274 e. The Hall–Kier alpha value is -2.18. The molecule has 0 aliphatic rings. The first-order valence-electron chi connectivity index (χ1n) is 7.49. The Kier molecular flexibility index (Phi) is 5.40.